The fourth-order valence-corrected chi connectivity index (χ4v) is 4.64. The second-order valence-corrected chi connectivity index (χ2v) is 9.11. The van der Waals surface area contributed by atoms with Crippen LogP contribution in [0.25, 0.3) is 0 Å². The molecule has 1 aliphatic heterocycles. The predicted octanol–water partition coefficient (Wildman–Crippen LogP) is 4.84. The molecular formula is C26H33N3O3. The molecule has 170 valence electrons. The Morgan fingerprint density at radius 2 is 1.84 bits per heavy atom. The van der Waals surface area contributed by atoms with Crippen LogP contribution in [0.15, 0.2) is 42.6 Å². The summed E-state index contributed by atoms with van der Waals surface area (Å²) >= 11 is 0. The molecule has 2 amide bonds. The number of nitrogens with one attached hydrogen (secondary N) is 1. The maximum atomic E-state index is 13.0. The highest BCUT2D eigenvalue weighted by atomic mass is 16.5. The Morgan fingerprint density at radius 1 is 1.06 bits per heavy atom. The number of pyridine rings is 1. The van der Waals surface area contributed by atoms with Crippen molar-refractivity contribution in [1.82, 2.24) is 9.88 Å². The van der Waals surface area contributed by atoms with Gasteiger partial charge in [0.2, 0.25) is 5.91 Å². The number of hydrogen-bond acceptors (Lipinski definition) is 4. The van der Waals surface area contributed by atoms with E-state index in [4.69, 9.17) is 4.74 Å². The van der Waals surface area contributed by atoms with Gasteiger partial charge in [-0.25, -0.2) is 4.98 Å². The average Bonchev–Trinajstić information content (AvgIpc) is 2.84. The highest BCUT2D eigenvalue weighted by Crippen LogP contribution is 2.28. The summed E-state index contributed by atoms with van der Waals surface area (Å²) in [5.41, 5.74) is 1.79. The molecule has 1 unspecified atom stereocenters. The van der Waals surface area contributed by atoms with Crippen molar-refractivity contribution in [2.75, 3.05) is 25.0 Å². The van der Waals surface area contributed by atoms with Crippen LogP contribution in [0.4, 0.5) is 5.82 Å². The zero-order valence-electron chi connectivity index (χ0n) is 18.9. The van der Waals surface area contributed by atoms with Gasteiger partial charge < -0.3 is 15.0 Å². The Balaban J connectivity index is 1.36. The van der Waals surface area contributed by atoms with Crippen LogP contribution in [0.2, 0.25) is 0 Å². The molecule has 1 N–H and O–H groups in total. The molecule has 1 aromatic carbocycles. The quantitative estimate of drug-likeness (QED) is 0.705. The zero-order valence-corrected chi connectivity index (χ0v) is 18.9. The lowest BCUT2D eigenvalue weighted by atomic mass is 9.90. The lowest BCUT2D eigenvalue weighted by Crippen LogP contribution is -2.43. The summed E-state index contributed by atoms with van der Waals surface area (Å²) in [6, 6.07) is 11.3. The normalized spacial score (nSPS) is 19.4. The molecule has 0 spiro atoms. The number of nitrogens with zero attached hydrogens (tertiary/aromatic N) is 2. The minimum absolute atomic E-state index is 0.0168. The van der Waals surface area contributed by atoms with Crippen LogP contribution in [-0.4, -0.2) is 41.4 Å². The molecule has 1 saturated carbocycles. The standard InChI is InChI=1S/C26H33N3O3/c1-19-11-13-21(14-12-19)26(31)29-16-6-9-22(17-29)25(30)28-24-23(10-5-15-27-24)32-18-20-7-3-2-4-8-20/h5,10-15,20,22H,2-4,6-9,16-18H2,1H3,(H,27,28,30). The SMILES string of the molecule is Cc1ccc(C(=O)N2CCCC(C(=O)Nc3ncccc3OCC3CCCCC3)C2)cc1. The van der Waals surface area contributed by atoms with Crippen LogP contribution < -0.4 is 10.1 Å². The molecule has 1 atom stereocenters. The van der Waals surface area contributed by atoms with Crippen molar-refractivity contribution in [1.29, 1.82) is 0 Å². The number of aromatic nitrogens is 1. The van der Waals surface area contributed by atoms with Crippen LogP contribution >= 0.6 is 0 Å². The molecule has 2 aliphatic rings. The lowest BCUT2D eigenvalue weighted by Gasteiger charge is -2.32. The molecule has 1 aliphatic carbocycles. The van der Waals surface area contributed by atoms with Gasteiger partial charge in [-0.3, -0.25) is 9.59 Å². The number of carbonyl (C=O) groups excluding carboxylic acids is 2. The van der Waals surface area contributed by atoms with Gasteiger partial charge in [0.05, 0.1) is 12.5 Å². The number of piperidine rings is 1. The van der Waals surface area contributed by atoms with E-state index in [0.717, 1.165) is 18.4 Å². The summed E-state index contributed by atoms with van der Waals surface area (Å²) in [7, 11) is 0. The Bertz CT molecular complexity index is 922. The van der Waals surface area contributed by atoms with E-state index in [9.17, 15) is 9.59 Å². The van der Waals surface area contributed by atoms with Gasteiger partial charge in [0.25, 0.3) is 5.91 Å². The predicted molar refractivity (Wildman–Crippen MR) is 125 cm³/mol. The Morgan fingerprint density at radius 3 is 2.62 bits per heavy atom. The van der Waals surface area contributed by atoms with Crippen molar-refractivity contribution in [3.8, 4) is 5.75 Å². The molecule has 6 nitrogen and oxygen atoms in total. The van der Waals surface area contributed by atoms with Crippen LogP contribution in [-0.2, 0) is 4.79 Å². The summed E-state index contributed by atoms with van der Waals surface area (Å²) in [5, 5.41) is 2.96. The van der Waals surface area contributed by atoms with Gasteiger partial charge in [-0.15, -0.1) is 0 Å². The number of ether oxygens (including phenoxy) is 1. The van der Waals surface area contributed by atoms with Crippen molar-refractivity contribution in [3.05, 3.63) is 53.7 Å². The number of benzene rings is 1. The van der Waals surface area contributed by atoms with Crippen LogP contribution in [0.5, 0.6) is 5.75 Å². The molecule has 4 rings (SSSR count). The number of amides is 2. The maximum Gasteiger partial charge on any atom is 0.253 e. The topological polar surface area (TPSA) is 71.5 Å². The molecule has 0 radical (unpaired) electrons. The first kappa shape index (κ1) is 22.3. The lowest BCUT2D eigenvalue weighted by molar-refractivity contribution is -0.121. The monoisotopic (exact) mass is 435 g/mol. The van der Waals surface area contributed by atoms with Crippen molar-refractivity contribution < 1.29 is 14.3 Å². The summed E-state index contributed by atoms with van der Waals surface area (Å²) in [4.78, 5) is 32.1. The van der Waals surface area contributed by atoms with E-state index in [1.54, 1.807) is 11.1 Å². The van der Waals surface area contributed by atoms with Gasteiger partial charge in [-0.1, -0.05) is 37.0 Å². The first-order valence-corrected chi connectivity index (χ1v) is 11.8. The Labute approximate surface area is 190 Å². The molecule has 0 bridgehead atoms. The first-order valence-electron chi connectivity index (χ1n) is 11.8. The van der Waals surface area contributed by atoms with E-state index in [-0.39, 0.29) is 17.7 Å². The minimum Gasteiger partial charge on any atom is -0.489 e. The Hall–Kier alpha value is -2.89. The van der Waals surface area contributed by atoms with Gasteiger partial charge in [0.1, 0.15) is 0 Å². The van der Waals surface area contributed by atoms with Gasteiger partial charge in [0.15, 0.2) is 11.6 Å². The van der Waals surface area contributed by atoms with Crippen molar-refractivity contribution in [2.24, 2.45) is 11.8 Å². The van der Waals surface area contributed by atoms with Gasteiger partial charge >= 0.3 is 0 Å². The molecule has 2 fully saturated rings. The fraction of sp³-hybridized carbons (Fsp3) is 0.500. The number of carbonyl (C=O) groups is 2. The van der Waals surface area contributed by atoms with Crippen molar-refractivity contribution in [2.45, 2.75) is 51.9 Å². The van der Waals surface area contributed by atoms with Crippen LogP contribution in [0, 0.1) is 18.8 Å². The number of rotatable bonds is 6. The molecule has 2 aromatic rings. The molecule has 32 heavy (non-hydrogen) atoms. The third kappa shape index (κ3) is 5.67. The Kier molecular flexibility index (Phi) is 7.40. The largest absolute Gasteiger partial charge is 0.489 e. The smallest absolute Gasteiger partial charge is 0.253 e. The number of likely N-dealkylation sites (tertiary alicyclic amines) is 1. The third-order valence-electron chi connectivity index (χ3n) is 6.59. The summed E-state index contributed by atoms with van der Waals surface area (Å²) in [6.07, 6.45) is 9.49. The van der Waals surface area contributed by atoms with E-state index in [0.29, 0.717) is 42.7 Å². The van der Waals surface area contributed by atoms with E-state index in [1.807, 2.05) is 43.3 Å². The van der Waals surface area contributed by atoms with Crippen molar-refractivity contribution in [3.63, 3.8) is 0 Å². The summed E-state index contributed by atoms with van der Waals surface area (Å²) in [5.74, 6) is 1.29. The van der Waals surface area contributed by atoms with Gasteiger partial charge in [0, 0.05) is 24.8 Å². The number of aryl methyl sites for hydroxylation is 1. The summed E-state index contributed by atoms with van der Waals surface area (Å²) < 4.78 is 6.05. The zero-order chi connectivity index (χ0) is 22.3. The van der Waals surface area contributed by atoms with E-state index < -0.39 is 0 Å². The molecular weight excluding hydrogens is 402 g/mol. The highest BCUT2D eigenvalue weighted by molar-refractivity contribution is 5.96. The first-order chi connectivity index (χ1) is 15.6. The van der Waals surface area contributed by atoms with Gasteiger partial charge in [-0.2, -0.15) is 0 Å². The van der Waals surface area contributed by atoms with E-state index in [2.05, 4.69) is 10.3 Å². The van der Waals surface area contributed by atoms with Crippen LogP contribution in [0.3, 0.4) is 0 Å². The van der Waals surface area contributed by atoms with E-state index in [1.165, 1.54) is 32.1 Å². The third-order valence-corrected chi connectivity index (χ3v) is 6.59. The number of hydrogen-bond donors (Lipinski definition) is 1. The van der Waals surface area contributed by atoms with Crippen molar-refractivity contribution >= 4 is 17.6 Å². The number of anilines is 1. The molecule has 1 aromatic heterocycles. The fourth-order valence-electron chi connectivity index (χ4n) is 4.64. The second kappa shape index (κ2) is 10.6. The van der Waals surface area contributed by atoms with Gasteiger partial charge in [-0.05, 0) is 62.8 Å². The average molecular weight is 436 g/mol. The van der Waals surface area contributed by atoms with E-state index >= 15 is 0 Å². The summed E-state index contributed by atoms with van der Waals surface area (Å²) in [6.45, 7) is 3.76. The second-order valence-electron chi connectivity index (χ2n) is 9.11. The van der Waals surface area contributed by atoms with Crippen LogP contribution in [0.1, 0.15) is 60.9 Å². The molecule has 6 heteroatoms. The minimum atomic E-state index is -0.258. The molecule has 2 heterocycles. The highest BCUT2D eigenvalue weighted by Gasteiger charge is 2.29. The maximum absolute atomic E-state index is 13.0. The molecule has 1 saturated heterocycles.